The number of nitrogens with zero attached hydrogens (tertiary/aromatic N) is 2. The van der Waals surface area contributed by atoms with Gasteiger partial charge in [-0.05, 0) is 50.5 Å². The van der Waals surface area contributed by atoms with E-state index in [1.54, 1.807) is 13.8 Å². The molecule has 0 aliphatic carbocycles. The topological polar surface area (TPSA) is 99.4 Å². The van der Waals surface area contributed by atoms with Crippen molar-refractivity contribution in [2.24, 2.45) is 11.7 Å². The van der Waals surface area contributed by atoms with E-state index in [2.05, 4.69) is 15.3 Å². The number of hydrogen-bond donors (Lipinski definition) is 2. The van der Waals surface area contributed by atoms with Crippen LogP contribution >= 0.6 is 0 Å². The molecule has 1 aromatic heterocycles. The third kappa shape index (κ3) is 7.39. The maximum Gasteiger partial charge on any atom is 0.419 e. The standard InChI is InChI=1S/C21H27F3N4O3/c1-5-26-19(29)31-18-27-9-8-16(28-18)14-6-7-17(15(10-14)21(22,23)24)30-12-20(4,25)11-13(2)3/h6-10,13H,5,11-12,25H2,1-4H3,(H,26,29)/t20-/m0/s1. The van der Waals surface area contributed by atoms with Crippen molar-refractivity contribution in [3.8, 4) is 23.0 Å². The predicted octanol–water partition coefficient (Wildman–Crippen LogP) is 4.41. The fourth-order valence-electron chi connectivity index (χ4n) is 3.08. The van der Waals surface area contributed by atoms with Crippen LogP contribution in [0, 0.1) is 5.92 Å². The average molecular weight is 440 g/mol. The zero-order valence-electron chi connectivity index (χ0n) is 17.9. The van der Waals surface area contributed by atoms with E-state index in [4.69, 9.17) is 15.2 Å². The Kier molecular flexibility index (Phi) is 7.83. The summed E-state index contributed by atoms with van der Waals surface area (Å²) in [4.78, 5) is 19.3. The van der Waals surface area contributed by atoms with Crippen molar-refractivity contribution in [1.29, 1.82) is 0 Å². The maximum atomic E-state index is 13.7. The molecule has 1 heterocycles. The smallest absolute Gasteiger partial charge is 0.419 e. The number of rotatable bonds is 8. The molecule has 3 N–H and O–H groups in total. The summed E-state index contributed by atoms with van der Waals surface area (Å²) in [5, 5.41) is 2.41. The molecule has 0 radical (unpaired) electrons. The van der Waals surface area contributed by atoms with Crippen LogP contribution in [0.3, 0.4) is 0 Å². The largest absolute Gasteiger partial charge is 0.491 e. The Labute approximate surface area is 179 Å². The summed E-state index contributed by atoms with van der Waals surface area (Å²) in [7, 11) is 0. The first kappa shape index (κ1) is 24.4. The minimum atomic E-state index is -4.65. The Bertz CT molecular complexity index is 902. The molecule has 31 heavy (non-hydrogen) atoms. The van der Waals surface area contributed by atoms with E-state index in [0.29, 0.717) is 13.0 Å². The molecule has 0 spiro atoms. The molecular formula is C21H27F3N4O3. The molecule has 0 saturated heterocycles. The molecule has 0 fully saturated rings. The molecule has 0 aliphatic rings. The van der Waals surface area contributed by atoms with Gasteiger partial charge in [0.15, 0.2) is 0 Å². The van der Waals surface area contributed by atoms with Crippen molar-refractivity contribution in [2.45, 2.75) is 45.8 Å². The Morgan fingerprint density at radius 3 is 2.58 bits per heavy atom. The molecular weight excluding hydrogens is 413 g/mol. The van der Waals surface area contributed by atoms with E-state index in [1.165, 1.54) is 24.4 Å². The fourth-order valence-corrected chi connectivity index (χ4v) is 3.08. The molecule has 1 amide bonds. The number of nitrogens with two attached hydrogens (primary N) is 1. The van der Waals surface area contributed by atoms with Gasteiger partial charge < -0.3 is 20.5 Å². The van der Waals surface area contributed by atoms with E-state index < -0.39 is 23.4 Å². The first-order valence-corrected chi connectivity index (χ1v) is 9.83. The van der Waals surface area contributed by atoms with Gasteiger partial charge in [0.2, 0.25) is 0 Å². The molecule has 2 aromatic rings. The van der Waals surface area contributed by atoms with Crippen LogP contribution in [0.4, 0.5) is 18.0 Å². The van der Waals surface area contributed by atoms with E-state index in [-0.39, 0.29) is 35.5 Å². The Balaban J connectivity index is 2.30. The molecule has 7 nitrogen and oxygen atoms in total. The van der Waals surface area contributed by atoms with E-state index in [1.807, 2.05) is 13.8 Å². The van der Waals surface area contributed by atoms with Gasteiger partial charge >= 0.3 is 18.3 Å². The van der Waals surface area contributed by atoms with Gasteiger partial charge in [-0.25, -0.2) is 9.78 Å². The summed E-state index contributed by atoms with van der Waals surface area (Å²) in [6, 6.07) is 4.75. The number of carbonyl (C=O) groups excluding carboxylic acids is 1. The second kappa shape index (κ2) is 9.95. The molecule has 2 rings (SSSR count). The highest BCUT2D eigenvalue weighted by atomic mass is 19.4. The minimum absolute atomic E-state index is 0.0638. The van der Waals surface area contributed by atoms with Crippen LogP contribution in [0.25, 0.3) is 11.3 Å². The maximum absolute atomic E-state index is 13.7. The molecule has 0 aliphatic heterocycles. The number of hydrogen-bond acceptors (Lipinski definition) is 6. The summed E-state index contributed by atoms with van der Waals surface area (Å²) in [6.07, 6.45) is -3.52. The minimum Gasteiger partial charge on any atom is -0.491 e. The zero-order chi connectivity index (χ0) is 23.2. The van der Waals surface area contributed by atoms with Gasteiger partial charge in [0.05, 0.1) is 11.3 Å². The zero-order valence-corrected chi connectivity index (χ0v) is 17.9. The van der Waals surface area contributed by atoms with Crippen molar-refractivity contribution in [1.82, 2.24) is 15.3 Å². The normalized spacial score (nSPS) is 13.6. The van der Waals surface area contributed by atoms with Crippen molar-refractivity contribution < 1.29 is 27.4 Å². The molecule has 0 bridgehead atoms. The van der Waals surface area contributed by atoms with Gasteiger partial charge in [0.25, 0.3) is 0 Å². The number of halogens is 3. The quantitative estimate of drug-likeness (QED) is 0.631. The average Bonchev–Trinajstić information content (AvgIpc) is 2.65. The van der Waals surface area contributed by atoms with Crippen molar-refractivity contribution in [3.63, 3.8) is 0 Å². The SMILES string of the molecule is CCNC(=O)Oc1nccc(-c2ccc(OC[C@@](C)(N)CC(C)C)c(C(F)(F)F)c2)n1. The molecule has 1 atom stereocenters. The number of nitrogens with one attached hydrogen (secondary N) is 1. The van der Waals surface area contributed by atoms with Gasteiger partial charge in [-0.1, -0.05) is 13.8 Å². The lowest BCUT2D eigenvalue weighted by atomic mass is 9.93. The highest BCUT2D eigenvalue weighted by Gasteiger charge is 2.35. The number of carbonyl (C=O) groups is 1. The Morgan fingerprint density at radius 1 is 1.26 bits per heavy atom. The monoisotopic (exact) mass is 440 g/mol. The van der Waals surface area contributed by atoms with Gasteiger partial charge in [-0.15, -0.1) is 0 Å². The van der Waals surface area contributed by atoms with E-state index in [9.17, 15) is 18.0 Å². The van der Waals surface area contributed by atoms with Gasteiger partial charge in [0.1, 0.15) is 12.4 Å². The second-order valence-corrected chi connectivity index (χ2v) is 7.89. The van der Waals surface area contributed by atoms with Crippen LogP contribution in [0.5, 0.6) is 11.8 Å². The van der Waals surface area contributed by atoms with Crippen molar-refractivity contribution in [2.75, 3.05) is 13.2 Å². The van der Waals surface area contributed by atoms with Crippen LogP contribution < -0.4 is 20.5 Å². The van der Waals surface area contributed by atoms with Crippen LogP contribution in [0.1, 0.15) is 39.7 Å². The molecule has 10 heteroatoms. The predicted molar refractivity (Wildman–Crippen MR) is 110 cm³/mol. The van der Waals surface area contributed by atoms with Gasteiger partial charge in [0, 0.05) is 23.8 Å². The van der Waals surface area contributed by atoms with Gasteiger partial charge in [-0.3, -0.25) is 0 Å². The molecule has 0 unspecified atom stereocenters. The first-order chi connectivity index (χ1) is 14.4. The highest BCUT2D eigenvalue weighted by molar-refractivity contribution is 5.69. The Morgan fingerprint density at radius 2 is 1.97 bits per heavy atom. The first-order valence-electron chi connectivity index (χ1n) is 9.83. The van der Waals surface area contributed by atoms with E-state index in [0.717, 1.165) is 6.07 Å². The van der Waals surface area contributed by atoms with Crippen LogP contribution in [-0.4, -0.2) is 34.8 Å². The van der Waals surface area contributed by atoms with Crippen LogP contribution in [-0.2, 0) is 6.18 Å². The summed E-state index contributed by atoms with van der Waals surface area (Å²) >= 11 is 0. The third-order valence-electron chi connectivity index (χ3n) is 4.15. The van der Waals surface area contributed by atoms with Crippen LogP contribution in [0.2, 0.25) is 0 Å². The number of amides is 1. The number of ether oxygens (including phenoxy) is 2. The molecule has 1 aromatic carbocycles. The lowest BCUT2D eigenvalue weighted by Gasteiger charge is -2.27. The fraction of sp³-hybridized carbons (Fsp3) is 0.476. The lowest BCUT2D eigenvalue weighted by Crippen LogP contribution is -2.43. The van der Waals surface area contributed by atoms with Crippen molar-refractivity contribution >= 4 is 6.09 Å². The molecule has 170 valence electrons. The Hall–Kier alpha value is -2.88. The number of alkyl halides is 3. The lowest BCUT2D eigenvalue weighted by molar-refractivity contribution is -0.139. The molecule has 0 saturated carbocycles. The second-order valence-electron chi connectivity index (χ2n) is 7.89. The number of aromatic nitrogens is 2. The number of benzene rings is 1. The summed E-state index contributed by atoms with van der Waals surface area (Å²) in [6.45, 7) is 7.68. The van der Waals surface area contributed by atoms with E-state index >= 15 is 0 Å². The van der Waals surface area contributed by atoms with Gasteiger partial charge in [-0.2, -0.15) is 18.2 Å². The van der Waals surface area contributed by atoms with Crippen molar-refractivity contribution in [3.05, 3.63) is 36.0 Å². The summed E-state index contributed by atoms with van der Waals surface area (Å²) in [5.74, 6) is -0.0406. The van der Waals surface area contributed by atoms with Crippen LogP contribution in [0.15, 0.2) is 30.5 Å². The summed E-state index contributed by atoms with van der Waals surface area (Å²) < 4.78 is 51.4. The summed E-state index contributed by atoms with van der Waals surface area (Å²) in [5.41, 5.74) is 4.76. The third-order valence-corrected chi connectivity index (χ3v) is 4.15. The highest BCUT2D eigenvalue weighted by Crippen LogP contribution is 2.39.